The quantitative estimate of drug-likeness (QED) is 0.763. The van der Waals surface area contributed by atoms with Gasteiger partial charge < -0.3 is 10.2 Å². The highest BCUT2D eigenvalue weighted by atomic mass is 16.3. The predicted molar refractivity (Wildman–Crippen MR) is 83.6 cm³/mol. The van der Waals surface area contributed by atoms with Crippen LogP contribution >= 0.6 is 0 Å². The predicted octanol–water partition coefficient (Wildman–Crippen LogP) is 4.29. The van der Waals surface area contributed by atoms with Crippen molar-refractivity contribution in [2.45, 2.75) is 90.1 Å². The third kappa shape index (κ3) is 3.57. The fourth-order valence-electron chi connectivity index (χ4n) is 5.07. The molecule has 118 valence electrons. The smallest absolute Gasteiger partial charge is 0.0620 e. The van der Waals surface area contributed by atoms with Crippen molar-refractivity contribution in [3.05, 3.63) is 0 Å². The summed E-state index contributed by atoms with van der Waals surface area (Å²) in [7, 11) is 0. The Hall–Kier alpha value is -0.0800. The molecule has 1 unspecified atom stereocenters. The van der Waals surface area contributed by atoms with Gasteiger partial charge in [-0.1, -0.05) is 51.9 Å². The molecule has 2 nitrogen and oxygen atoms in total. The fourth-order valence-corrected chi connectivity index (χ4v) is 5.07. The van der Waals surface area contributed by atoms with Crippen LogP contribution in [0, 0.1) is 17.3 Å². The van der Waals surface area contributed by atoms with Crippen molar-refractivity contribution in [1.82, 2.24) is 0 Å². The largest absolute Gasteiger partial charge is 0.396 e. The zero-order chi connectivity index (χ0) is 14.4. The summed E-state index contributed by atoms with van der Waals surface area (Å²) in [6.07, 6.45) is 14.6. The van der Waals surface area contributed by atoms with Crippen LogP contribution in [0.4, 0.5) is 0 Å². The van der Waals surface area contributed by atoms with Crippen molar-refractivity contribution in [3.8, 4) is 0 Å². The van der Waals surface area contributed by atoms with Crippen molar-refractivity contribution < 1.29 is 10.2 Å². The molecule has 2 saturated carbocycles. The first-order valence-electron chi connectivity index (χ1n) is 9.02. The fraction of sp³-hybridized carbons (Fsp3) is 1.00. The molecule has 0 aromatic rings. The molecule has 0 saturated heterocycles. The monoisotopic (exact) mass is 282 g/mol. The molecule has 0 heterocycles. The zero-order valence-corrected chi connectivity index (χ0v) is 13.3. The van der Waals surface area contributed by atoms with Crippen LogP contribution in [0.5, 0.6) is 0 Å². The minimum Gasteiger partial charge on any atom is -0.396 e. The third-order valence-corrected chi connectivity index (χ3v) is 6.21. The first-order valence-corrected chi connectivity index (χ1v) is 9.02. The second-order valence-electron chi connectivity index (χ2n) is 7.33. The normalized spacial score (nSPS) is 31.9. The van der Waals surface area contributed by atoms with Crippen LogP contribution in [0.25, 0.3) is 0 Å². The lowest BCUT2D eigenvalue weighted by molar-refractivity contribution is -0.0722. The Balaban J connectivity index is 2.00. The van der Waals surface area contributed by atoms with Gasteiger partial charge in [-0.2, -0.15) is 0 Å². The van der Waals surface area contributed by atoms with Gasteiger partial charge in [0, 0.05) is 6.61 Å². The van der Waals surface area contributed by atoms with Gasteiger partial charge in [-0.3, -0.25) is 0 Å². The second-order valence-corrected chi connectivity index (χ2v) is 7.33. The molecular weight excluding hydrogens is 248 g/mol. The highest BCUT2D eigenvalue weighted by Crippen LogP contribution is 2.52. The van der Waals surface area contributed by atoms with E-state index in [4.69, 9.17) is 0 Å². The van der Waals surface area contributed by atoms with Crippen molar-refractivity contribution in [3.63, 3.8) is 0 Å². The van der Waals surface area contributed by atoms with Crippen molar-refractivity contribution in [2.24, 2.45) is 17.3 Å². The van der Waals surface area contributed by atoms with E-state index in [1.54, 1.807) is 0 Å². The van der Waals surface area contributed by atoms with Crippen molar-refractivity contribution in [2.75, 3.05) is 6.61 Å². The number of hydrogen-bond acceptors (Lipinski definition) is 2. The first-order chi connectivity index (χ1) is 9.73. The van der Waals surface area contributed by atoms with E-state index in [-0.39, 0.29) is 18.1 Å². The molecule has 1 atom stereocenters. The summed E-state index contributed by atoms with van der Waals surface area (Å²) >= 11 is 0. The lowest BCUT2D eigenvalue weighted by Crippen LogP contribution is -2.45. The molecule has 0 spiro atoms. The van der Waals surface area contributed by atoms with Crippen LogP contribution in [-0.2, 0) is 0 Å². The Morgan fingerprint density at radius 3 is 2.25 bits per heavy atom. The Morgan fingerprint density at radius 2 is 1.70 bits per heavy atom. The molecule has 0 radical (unpaired) electrons. The van der Waals surface area contributed by atoms with E-state index < -0.39 is 0 Å². The van der Waals surface area contributed by atoms with E-state index in [0.29, 0.717) is 12.3 Å². The van der Waals surface area contributed by atoms with Gasteiger partial charge in [0.15, 0.2) is 0 Å². The summed E-state index contributed by atoms with van der Waals surface area (Å²) < 4.78 is 0. The van der Waals surface area contributed by atoms with Crippen LogP contribution in [0.3, 0.4) is 0 Å². The van der Waals surface area contributed by atoms with Crippen LogP contribution in [0.2, 0.25) is 0 Å². The lowest BCUT2D eigenvalue weighted by atomic mass is 9.57. The molecule has 0 amide bonds. The molecule has 2 N–H and O–H groups in total. The summed E-state index contributed by atoms with van der Waals surface area (Å²) in [5.41, 5.74) is 0.137. The van der Waals surface area contributed by atoms with E-state index in [1.165, 1.54) is 70.6 Å². The zero-order valence-electron chi connectivity index (χ0n) is 13.3. The van der Waals surface area contributed by atoms with Gasteiger partial charge in [0.2, 0.25) is 0 Å². The van der Waals surface area contributed by atoms with Gasteiger partial charge in [-0.25, -0.2) is 0 Å². The maximum absolute atomic E-state index is 10.7. The summed E-state index contributed by atoms with van der Waals surface area (Å²) in [5, 5.41) is 19.9. The first kappa shape index (κ1) is 16.3. The van der Waals surface area contributed by atoms with Gasteiger partial charge in [0.25, 0.3) is 0 Å². The molecule has 20 heavy (non-hydrogen) atoms. The maximum Gasteiger partial charge on any atom is 0.0620 e. The molecule has 2 fully saturated rings. The average Bonchev–Trinajstić information content (AvgIpc) is 2.49. The maximum atomic E-state index is 10.7. The summed E-state index contributed by atoms with van der Waals surface area (Å²) in [6.45, 7) is 2.42. The van der Waals surface area contributed by atoms with Gasteiger partial charge in [0.1, 0.15) is 0 Å². The molecule has 2 rings (SSSR count). The van der Waals surface area contributed by atoms with Gasteiger partial charge >= 0.3 is 0 Å². The molecule has 2 aliphatic carbocycles. The molecule has 0 aromatic heterocycles. The molecular formula is C18H34O2. The average molecular weight is 282 g/mol. The van der Waals surface area contributed by atoms with Crippen LogP contribution < -0.4 is 0 Å². The number of aliphatic hydroxyl groups is 2. The second kappa shape index (κ2) is 7.79. The molecule has 0 bridgehead atoms. The van der Waals surface area contributed by atoms with Gasteiger partial charge in [-0.05, 0) is 49.4 Å². The van der Waals surface area contributed by atoms with Crippen LogP contribution in [-0.4, -0.2) is 22.9 Å². The summed E-state index contributed by atoms with van der Waals surface area (Å²) in [5.74, 6) is 1.64. The minimum atomic E-state index is -0.277. The number of aliphatic hydroxyl groups excluding tert-OH is 2. The molecule has 0 aromatic carbocycles. The van der Waals surface area contributed by atoms with E-state index in [2.05, 4.69) is 6.92 Å². The van der Waals surface area contributed by atoms with E-state index in [0.717, 1.165) is 5.92 Å². The molecule has 2 aliphatic rings. The Morgan fingerprint density at radius 1 is 1.05 bits per heavy atom. The minimum absolute atomic E-state index is 0.133. The van der Waals surface area contributed by atoms with E-state index >= 15 is 0 Å². The molecule has 0 aliphatic heterocycles. The van der Waals surface area contributed by atoms with Crippen LogP contribution in [0.1, 0.15) is 84.0 Å². The number of rotatable bonds is 6. The van der Waals surface area contributed by atoms with Crippen LogP contribution in [0.15, 0.2) is 0 Å². The van der Waals surface area contributed by atoms with Gasteiger partial charge in [0.05, 0.1) is 6.10 Å². The SMILES string of the molecule is CCCC1CCC(C2(C(O)CCO)CCCCC2)CC1. The Kier molecular flexibility index (Phi) is 6.35. The highest BCUT2D eigenvalue weighted by Gasteiger charge is 2.45. The number of hydrogen-bond donors (Lipinski definition) is 2. The Labute approximate surface area is 125 Å². The molecule has 2 heteroatoms. The highest BCUT2D eigenvalue weighted by molar-refractivity contribution is 4.96. The third-order valence-electron chi connectivity index (χ3n) is 6.21. The van der Waals surface area contributed by atoms with E-state index in [9.17, 15) is 10.2 Å². The van der Waals surface area contributed by atoms with E-state index in [1.807, 2.05) is 0 Å². The van der Waals surface area contributed by atoms with Gasteiger partial charge in [-0.15, -0.1) is 0 Å². The lowest BCUT2D eigenvalue weighted by Gasteiger charge is -2.49. The Bertz CT molecular complexity index is 263. The summed E-state index contributed by atoms with van der Waals surface area (Å²) in [6, 6.07) is 0. The van der Waals surface area contributed by atoms with Crippen molar-refractivity contribution >= 4 is 0 Å². The standard InChI is InChI=1S/C18H34O2/c1-2-6-15-7-9-16(10-8-15)18(17(20)11-14-19)12-4-3-5-13-18/h15-17,19-20H,2-14H2,1H3. The topological polar surface area (TPSA) is 40.5 Å². The van der Waals surface area contributed by atoms with Crippen molar-refractivity contribution in [1.29, 1.82) is 0 Å². The summed E-state index contributed by atoms with van der Waals surface area (Å²) in [4.78, 5) is 0.